The van der Waals surface area contributed by atoms with Gasteiger partial charge in [0.1, 0.15) is 6.42 Å². The van der Waals surface area contributed by atoms with Gasteiger partial charge in [0.05, 0.1) is 12.3 Å². The minimum absolute atomic E-state index is 0.166. The highest BCUT2D eigenvalue weighted by atomic mass is 32.1. The average molecular weight is 207 g/mol. The topological polar surface area (TPSA) is 65.2 Å². The van der Waals surface area contributed by atoms with Crippen LogP contribution in [0.4, 0.5) is 0 Å². The molecule has 0 aliphatic heterocycles. The minimum Gasteiger partial charge on any atom is -0.272 e. The molecule has 14 heavy (non-hydrogen) atoms. The first-order chi connectivity index (χ1) is 6.72. The number of hydrogen-bond acceptors (Lipinski definition) is 4. The van der Waals surface area contributed by atoms with E-state index in [1.807, 2.05) is 19.1 Å². The van der Waals surface area contributed by atoms with Crippen molar-refractivity contribution >= 4 is 23.5 Å². The van der Waals surface area contributed by atoms with Gasteiger partial charge >= 0.3 is 0 Å². The summed E-state index contributed by atoms with van der Waals surface area (Å²) in [6, 6.07) is 5.63. The number of nitrogens with one attached hydrogen (secondary N) is 1. The van der Waals surface area contributed by atoms with Crippen molar-refractivity contribution in [3.8, 4) is 6.07 Å². The summed E-state index contributed by atoms with van der Waals surface area (Å²) in [6.45, 7) is 2.00. The van der Waals surface area contributed by atoms with Gasteiger partial charge in [-0.15, -0.1) is 11.3 Å². The van der Waals surface area contributed by atoms with Gasteiger partial charge in [0, 0.05) is 9.75 Å². The van der Waals surface area contributed by atoms with Crippen LogP contribution in [0.25, 0.3) is 0 Å². The predicted molar refractivity (Wildman–Crippen MR) is 55.0 cm³/mol. The second-order valence-corrected chi connectivity index (χ2v) is 3.90. The van der Waals surface area contributed by atoms with Crippen LogP contribution in [0, 0.1) is 18.3 Å². The summed E-state index contributed by atoms with van der Waals surface area (Å²) in [5.74, 6) is -0.392. The maximum Gasteiger partial charge on any atom is 0.254 e. The Kier molecular flexibility index (Phi) is 3.83. The normalized spacial score (nSPS) is 10.0. The summed E-state index contributed by atoms with van der Waals surface area (Å²) in [5.41, 5.74) is 2.26. The van der Waals surface area contributed by atoms with Crippen LogP contribution in [-0.4, -0.2) is 12.1 Å². The maximum absolute atomic E-state index is 10.8. The first-order valence-corrected chi connectivity index (χ1v) is 4.79. The van der Waals surface area contributed by atoms with Gasteiger partial charge < -0.3 is 0 Å². The Hall–Kier alpha value is -1.67. The molecule has 0 aliphatic rings. The van der Waals surface area contributed by atoms with Crippen LogP contribution in [0.1, 0.15) is 16.2 Å². The van der Waals surface area contributed by atoms with Crippen LogP contribution in [0.5, 0.6) is 0 Å². The fourth-order valence-electron chi connectivity index (χ4n) is 0.802. The van der Waals surface area contributed by atoms with Crippen molar-refractivity contribution in [1.29, 1.82) is 5.26 Å². The molecule has 72 valence electrons. The molecule has 0 bridgehead atoms. The van der Waals surface area contributed by atoms with Crippen LogP contribution in [0.2, 0.25) is 0 Å². The molecular weight excluding hydrogens is 198 g/mol. The summed E-state index contributed by atoms with van der Waals surface area (Å²) in [6.07, 6.45) is 1.40. The third kappa shape index (κ3) is 3.37. The lowest BCUT2D eigenvalue weighted by Crippen LogP contribution is -2.15. The number of aryl methyl sites for hydroxylation is 1. The molecule has 0 atom stereocenters. The fourth-order valence-corrected chi connectivity index (χ4v) is 1.55. The molecule has 0 spiro atoms. The zero-order chi connectivity index (χ0) is 10.4. The standard InChI is InChI=1S/C9H9N3OS/c1-7-2-3-8(14-7)6-11-12-9(13)4-5-10/h2-3,6H,4H2,1H3,(H,12,13)/b11-6+. The molecule has 5 heteroatoms. The number of nitrogens with zero attached hydrogens (tertiary/aromatic N) is 2. The highest BCUT2D eigenvalue weighted by molar-refractivity contribution is 7.13. The molecule has 4 nitrogen and oxygen atoms in total. The van der Waals surface area contributed by atoms with E-state index >= 15 is 0 Å². The van der Waals surface area contributed by atoms with Crippen LogP contribution in [-0.2, 0) is 4.79 Å². The number of hydrazone groups is 1. The number of amides is 1. The van der Waals surface area contributed by atoms with Crippen LogP contribution >= 0.6 is 11.3 Å². The Morgan fingerprint density at radius 3 is 3.14 bits per heavy atom. The van der Waals surface area contributed by atoms with Gasteiger partial charge in [-0.3, -0.25) is 4.79 Å². The number of thiophene rings is 1. The molecule has 0 unspecified atom stereocenters. The van der Waals surface area contributed by atoms with Crippen molar-refractivity contribution in [2.24, 2.45) is 5.10 Å². The zero-order valence-corrected chi connectivity index (χ0v) is 8.47. The Morgan fingerprint density at radius 1 is 1.79 bits per heavy atom. The maximum atomic E-state index is 10.8. The van der Waals surface area contributed by atoms with Gasteiger partial charge in [0.25, 0.3) is 5.91 Å². The molecule has 1 N–H and O–H groups in total. The zero-order valence-electron chi connectivity index (χ0n) is 7.65. The lowest BCUT2D eigenvalue weighted by molar-refractivity contribution is -0.120. The van der Waals surface area contributed by atoms with Gasteiger partial charge in [-0.25, -0.2) is 5.43 Å². The number of hydrogen-bond donors (Lipinski definition) is 1. The van der Waals surface area contributed by atoms with E-state index in [1.54, 1.807) is 23.6 Å². The summed E-state index contributed by atoms with van der Waals surface area (Å²) in [4.78, 5) is 13.0. The van der Waals surface area contributed by atoms with Crippen molar-refractivity contribution in [3.05, 3.63) is 21.9 Å². The molecule has 1 aromatic heterocycles. The monoisotopic (exact) mass is 207 g/mol. The first kappa shape index (κ1) is 10.4. The Labute approximate surface area is 85.9 Å². The predicted octanol–water partition coefficient (Wildman–Crippen LogP) is 1.42. The Balaban J connectivity index is 2.42. The smallest absolute Gasteiger partial charge is 0.254 e. The molecule has 0 aromatic carbocycles. The minimum atomic E-state index is -0.392. The molecule has 0 saturated carbocycles. The quantitative estimate of drug-likeness (QED) is 0.601. The average Bonchev–Trinajstić information content (AvgIpc) is 2.52. The van der Waals surface area contributed by atoms with Gasteiger partial charge in [-0.05, 0) is 19.1 Å². The summed E-state index contributed by atoms with van der Waals surface area (Å²) < 4.78 is 0. The second kappa shape index (κ2) is 5.14. The van der Waals surface area contributed by atoms with Crippen molar-refractivity contribution in [3.63, 3.8) is 0 Å². The van der Waals surface area contributed by atoms with E-state index < -0.39 is 5.91 Å². The van der Waals surface area contributed by atoms with E-state index in [0.29, 0.717) is 0 Å². The van der Waals surface area contributed by atoms with E-state index in [1.165, 1.54) is 4.88 Å². The SMILES string of the molecule is Cc1ccc(/C=N/NC(=O)CC#N)s1. The largest absolute Gasteiger partial charge is 0.272 e. The first-order valence-electron chi connectivity index (χ1n) is 3.97. The highest BCUT2D eigenvalue weighted by Gasteiger charge is 1.96. The molecule has 0 fully saturated rings. The van der Waals surface area contributed by atoms with Crippen molar-refractivity contribution in [2.75, 3.05) is 0 Å². The fraction of sp³-hybridized carbons (Fsp3) is 0.222. The van der Waals surface area contributed by atoms with Crippen molar-refractivity contribution in [1.82, 2.24) is 5.43 Å². The molecular formula is C9H9N3OS. The third-order valence-electron chi connectivity index (χ3n) is 1.38. The van der Waals surface area contributed by atoms with E-state index in [2.05, 4.69) is 10.5 Å². The summed E-state index contributed by atoms with van der Waals surface area (Å²) in [7, 11) is 0. The highest BCUT2D eigenvalue weighted by Crippen LogP contribution is 2.12. The van der Waals surface area contributed by atoms with Crippen LogP contribution in [0.3, 0.4) is 0 Å². The molecule has 0 aliphatic carbocycles. The van der Waals surface area contributed by atoms with Gasteiger partial charge in [0.15, 0.2) is 0 Å². The van der Waals surface area contributed by atoms with Gasteiger partial charge in [0.2, 0.25) is 0 Å². The Morgan fingerprint density at radius 2 is 2.57 bits per heavy atom. The summed E-state index contributed by atoms with van der Waals surface area (Å²) >= 11 is 1.59. The van der Waals surface area contributed by atoms with Crippen LogP contribution < -0.4 is 5.43 Å². The van der Waals surface area contributed by atoms with Crippen molar-refractivity contribution in [2.45, 2.75) is 13.3 Å². The van der Waals surface area contributed by atoms with Gasteiger partial charge in [-0.2, -0.15) is 10.4 Å². The molecule has 1 rings (SSSR count). The molecule has 1 heterocycles. The third-order valence-corrected chi connectivity index (χ3v) is 2.32. The number of carbonyl (C=O) groups is 1. The lowest BCUT2D eigenvalue weighted by atomic mass is 10.4. The van der Waals surface area contributed by atoms with E-state index in [9.17, 15) is 4.79 Å². The van der Waals surface area contributed by atoms with Crippen molar-refractivity contribution < 1.29 is 4.79 Å². The molecule has 0 saturated heterocycles. The lowest BCUT2D eigenvalue weighted by Gasteiger charge is -1.90. The van der Waals surface area contributed by atoms with E-state index in [-0.39, 0.29) is 6.42 Å². The Bertz CT molecular complexity index is 389. The van der Waals surface area contributed by atoms with Gasteiger partial charge in [-0.1, -0.05) is 0 Å². The van der Waals surface area contributed by atoms with E-state index in [4.69, 9.17) is 5.26 Å². The van der Waals surface area contributed by atoms with Crippen LogP contribution in [0.15, 0.2) is 17.2 Å². The number of carbonyl (C=O) groups excluding carboxylic acids is 1. The number of nitriles is 1. The second-order valence-electron chi connectivity index (χ2n) is 2.58. The van der Waals surface area contributed by atoms with E-state index in [0.717, 1.165) is 4.88 Å². The molecule has 0 radical (unpaired) electrons. The summed E-state index contributed by atoms with van der Waals surface area (Å²) in [5, 5.41) is 11.9. The molecule has 1 amide bonds. The molecule has 1 aromatic rings. The number of rotatable bonds is 3.